The fraction of sp³-hybridized carbons (Fsp3) is 0.308. The molecule has 0 unspecified atom stereocenters. The van der Waals surface area contributed by atoms with Crippen molar-refractivity contribution in [2.45, 2.75) is 19.8 Å². The van der Waals surface area contributed by atoms with E-state index >= 15 is 0 Å². The molecule has 0 amide bonds. The Kier molecular flexibility index (Phi) is 3.18. The van der Waals surface area contributed by atoms with Gasteiger partial charge in [0.25, 0.3) is 0 Å². The van der Waals surface area contributed by atoms with Crippen molar-refractivity contribution in [1.82, 2.24) is 0 Å². The van der Waals surface area contributed by atoms with E-state index in [4.69, 9.17) is 4.84 Å². The molecule has 2 nitrogen and oxygen atoms in total. The van der Waals surface area contributed by atoms with E-state index < -0.39 is 0 Å². The minimum atomic E-state index is 0.777. The van der Waals surface area contributed by atoms with Crippen LogP contribution < -0.4 is 9.57 Å². The number of hydrogen-bond acceptors (Lipinski definition) is 1. The number of nitrogens with zero attached hydrogens (tertiary/aromatic N) is 1. The molecule has 2 rings (SSSR count). The highest BCUT2D eigenvalue weighted by Gasteiger charge is 2.02. The lowest BCUT2D eigenvalue weighted by Gasteiger charge is -1.98. The zero-order valence-electron chi connectivity index (χ0n) is 9.02. The zero-order valence-corrected chi connectivity index (χ0v) is 9.02. The van der Waals surface area contributed by atoms with Crippen LogP contribution in [0.5, 0.6) is 0 Å². The molecule has 0 bridgehead atoms. The summed E-state index contributed by atoms with van der Waals surface area (Å²) >= 11 is 0. The van der Waals surface area contributed by atoms with Crippen LogP contribution in [0.3, 0.4) is 0 Å². The zero-order chi connectivity index (χ0) is 10.5. The van der Waals surface area contributed by atoms with Crippen LogP contribution in [0.4, 0.5) is 0 Å². The third-order valence-electron chi connectivity index (χ3n) is 2.40. The number of fused-ring (bicyclic) bond motifs is 1. The third-order valence-corrected chi connectivity index (χ3v) is 2.40. The van der Waals surface area contributed by atoms with Crippen molar-refractivity contribution in [3.8, 4) is 0 Å². The molecule has 0 aliphatic heterocycles. The van der Waals surface area contributed by atoms with Gasteiger partial charge < -0.3 is 0 Å². The molecule has 0 atom stereocenters. The Morgan fingerprint density at radius 1 is 1.13 bits per heavy atom. The molecule has 0 aliphatic carbocycles. The Hall–Kier alpha value is -1.57. The van der Waals surface area contributed by atoms with Crippen molar-refractivity contribution >= 4 is 10.8 Å². The molecule has 1 aromatic heterocycles. The Balaban J connectivity index is 2.16. The predicted molar refractivity (Wildman–Crippen MR) is 60.5 cm³/mol. The first-order chi connectivity index (χ1) is 7.40. The van der Waals surface area contributed by atoms with Crippen molar-refractivity contribution in [3.63, 3.8) is 0 Å². The molecule has 0 aliphatic rings. The van der Waals surface area contributed by atoms with E-state index in [9.17, 15) is 0 Å². The summed E-state index contributed by atoms with van der Waals surface area (Å²) in [6, 6.07) is 10.4. The van der Waals surface area contributed by atoms with E-state index in [1.807, 2.05) is 24.5 Å². The van der Waals surface area contributed by atoms with Gasteiger partial charge in [0.1, 0.15) is 0 Å². The highest BCUT2D eigenvalue weighted by atomic mass is 16.7. The number of unbranched alkanes of at least 4 members (excludes halogenated alkanes) is 1. The van der Waals surface area contributed by atoms with Gasteiger partial charge in [-0.15, -0.1) is 0 Å². The number of pyridine rings is 1. The minimum absolute atomic E-state index is 0.777. The van der Waals surface area contributed by atoms with Gasteiger partial charge in [0.2, 0.25) is 12.4 Å². The summed E-state index contributed by atoms with van der Waals surface area (Å²) in [7, 11) is 0. The summed E-state index contributed by atoms with van der Waals surface area (Å²) in [6.07, 6.45) is 6.23. The summed E-state index contributed by atoms with van der Waals surface area (Å²) in [5.41, 5.74) is 0. The van der Waals surface area contributed by atoms with E-state index in [0.717, 1.165) is 19.4 Å². The quantitative estimate of drug-likeness (QED) is 0.548. The molecule has 0 spiro atoms. The maximum atomic E-state index is 5.57. The van der Waals surface area contributed by atoms with Crippen molar-refractivity contribution in [2.24, 2.45) is 0 Å². The highest BCUT2D eigenvalue weighted by Crippen LogP contribution is 2.09. The fourth-order valence-corrected chi connectivity index (χ4v) is 1.51. The van der Waals surface area contributed by atoms with Gasteiger partial charge in [-0.05, 0) is 17.9 Å². The van der Waals surface area contributed by atoms with E-state index in [0.29, 0.717) is 0 Å². The molecule has 78 valence electrons. The molecule has 0 saturated heterocycles. The fourth-order valence-electron chi connectivity index (χ4n) is 1.51. The van der Waals surface area contributed by atoms with Crippen LogP contribution in [0.25, 0.3) is 10.8 Å². The first kappa shape index (κ1) is 9.97. The highest BCUT2D eigenvalue weighted by molar-refractivity contribution is 5.80. The average molecular weight is 202 g/mol. The summed E-state index contributed by atoms with van der Waals surface area (Å²) in [4.78, 5) is 5.57. The molecule has 2 aromatic rings. The van der Waals surface area contributed by atoms with Crippen LogP contribution in [0.2, 0.25) is 0 Å². The third kappa shape index (κ3) is 2.46. The van der Waals surface area contributed by atoms with Crippen LogP contribution in [-0.4, -0.2) is 6.61 Å². The summed E-state index contributed by atoms with van der Waals surface area (Å²) in [6.45, 7) is 2.94. The maximum Gasteiger partial charge on any atom is 0.230 e. The normalized spacial score (nSPS) is 10.5. The van der Waals surface area contributed by atoms with Gasteiger partial charge in [-0.3, -0.25) is 4.84 Å². The standard InChI is InChI=1S/C13H16NO/c1-2-3-10-15-14-9-8-12-6-4-5-7-13(12)11-14/h4-9,11H,2-3,10H2,1H3/q+1. The first-order valence-corrected chi connectivity index (χ1v) is 5.43. The Bertz CT molecular complexity index is 439. The second-order valence-electron chi connectivity index (χ2n) is 3.62. The van der Waals surface area contributed by atoms with Gasteiger partial charge >= 0.3 is 0 Å². The molecule has 1 aromatic carbocycles. The summed E-state index contributed by atoms with van der Waals surface area (Å²) < 4.78 is 1.79. The van der Waals surface area contributed by atoms with Crippen LogP contribution in [0.15, 0.2) is 42.7 Å². The van der Waals surface area contributed by atoms with E-state index in [1.165, 1.54) is 10.8 Å². The molecule has 0 fully saturated rings. The SMILES string of the molecule is CCCCO[n+]1ccc2ccccc2c1. The van der Waals surface area contributed by atoms with Crippen LogP contribution in [0, 0.1) is 0 Å². The van der Waals surface area contributed by atoms with Gasteiger partial charge in [0.05, 0.1) is 5.39 Å². The lowest BCUT2D eigenvalue weighted by Crippen LogP contribution is -2.42. The second-order valence-corrected chi connectivity index (χ2v) is 3.62. The Morgan fingerprint density at radius 3 is 2.73 bits per heavy atom. The second kappa shape index (κ2) is 4.78. The molecule has 0 saturated carbocycles. The van der Waals surface area contributed by atoms with Gasteiger partial charge in [-0.2, -0.15) is 0 Å². The van der Waals surface area contributed by atoms with Gasteiger partial charge in [0, 0.05) is 10.8 Å². The van der Waals surface area contributed by atoms with Crippen LogP contribution in [0.1, 0.15) is 19.8 Å². The van der Waals surface area contributed by atoms with E-state index in [2.05, 4.69) is 25.1 Å². The maximum absolute atomic E-state index is 5.57. The Morgan fingerprint density at radius 2 is 1.93 bits per heavy atom. The topological polar surface area (TPSA) is 13.1 Å². The molecule has 2 heteroatoms. The number of aromatic nitrogens is 1. The van der Waals surface area contributed by atoms with E-state index in [1.54, 1.807) is 4.73 Å². The number of benzene rings is 1. The molecular formula is C13H16NO+. The van der Waals surface area contributed by atoms with E-state index in [-0.39, 0.29) is 0 Å². The molecule has 1 heterocycles. The summed E-state index contributed by atoms with van der Waals surface area (Å²) in [5.74, 6) is 0. The predicted octanol–water partition coefficient (Wildman–Crippen LogP) is 2.36. The van der Waals surface area contributed by atoms with Crippen LogP contribution >= 0.6 is 0 Å². The van der Waals surface area contributed by atoms with Gasteiger partial charge in [-0.25, -0.2) is 0 Å². The van der Waals surface area contributed by atoms with Crippen molar-refractivity contribution in [3.05, 3.63) is 42.7 Å². The number of hydrogen-bond donors (Lipinski definition) is 0. The van der Waals surface area contributed by atoms with Crippen molar-refractivity contribution < 1.29 is 9.57 Å². The largest absolute Gasteiger partial charge is 0.271 e. The average Bonchev–Trinajstić information content (AvgIpc) is 2.29. The van der Waals surface area contributed by atoms with Crippen molar-refractivity contribution in [2.75, 3.05) is 6.61 Å². The van der Waals surface area contributed by atoms with Crippen LogP contribution in [-0.2, 0) is 0 Å². The molecule has 0 N–H and O–H groups in total. The lowest BCUT2D eigenvalue weighted by molar-refractivity contribution is -0.890. The molecule has 0 radical (unpaired) electrons. The van der Waals surface area contributed by atoms with Gasteiger partial charge in [0.15, 0.2) is 6.61 Å². The molecule has 15 heavy (non-hydrogen) atoms. The smallest absolute Gasteiger partial charge is 0.230 e. The lowest BCUT2D eigenvalue weighted by atomic mass is 10.2. The minimum Gasteiger partial charge on any atom is -0.271 e. The Labute approximate surface area is 90.1 Å². The molecular weight excluding hydrogens is 186 g/mol. The van der Waals surface area contributed by atoms with Gasteiger partial charge in [-0.1, -0.05) is 31.5 Å². The first-order valence-electron chi connectivity index (χ1n) is 5.43. The van der Waals surface area contributed by atoms with Crippen molar-refractivity contribution in [1.29, 1.82) is 0 Å². The monoisotopic (exact) mass is 202 g/mol. The number of rotatable bonds is 4. The summed E-state index contributed by atoms with van der Waals surface area (Å²) in [5, 5.41) is 2.45.